The Morgan fingerprint density at radius 1 is 1.29 bits per heavy atom. The molecule has 0 saturated carbocycles. The van der Waals surface area contributed by atoms with E-state index in [1.54, 1.807) is 20.8 Å². The van der Waals surface area contributed by atoms with Gasteiger partial charge in [0.2, 0.25) is 0 Å². The fourth-order valence-corrected chi connectivity index (χ4v) is 0.935. The molecule has 0 bridgehead atoms. The van der Waals surface area contributed by atoms with E-state index in [-0.39, 0.29) is 12.6 Å². The summed E-state index contributed by atoms with van der Waals surface area (Å²) in [5, 5.41) is 2.62. The monoisotopic (exact) mass is 247 g/mol. The first kappa shape index (κ1) is 15.7. The molecule has 1 N–H and O–H groups in total. The fourth-order valence-electron chi connectivity index (χ4n) is 0.935. The van der Waals surface area contributed by atoms with Crippen LogP contribution in [0.2, 0.25) is 0 Å². The second-order valence-electron chi connectivity index (χ2n) is 4.61. The van der Waals surface area contributed by atoms with Crippen LogP contribution < -0.4 is 5.32 Å². The Kier molecular flexibility index (Phi) is 6.57. The summed E-state index contributed by atoms with van der Waals surface area (Å²) >= 11 is 0. The summed E-state index contributed by atoms with van der Waals surface area (Å²) in [5.74, 6) is -0.530. The molecule has 6 heteroatoms. The van der Waals surface area contributed by atoms with Gasteiger partial charge in [0.05, 0.1) is 6.04 Å². The van der Waals surface area contributed by atoms with Crippen LogP contribution in [0.15, 0.2) is 0 Å². The first-order chi connectivity index (χ1) is 7.74. The molecule has 0 saturated heterocycles. The van der Waals surface area contributed by atoms with Crippen LogP contribution in [0.1, 0.15) is 41.0 Å². The molecule has 100 valence electrons. The van der Waals surface area contributed by atoms with E-state index in [2.05, 4.69) is 15.1 Å². The van der Waals surface area contributed by atoms with Crippen molar-refractivity contribution in [2.24, 2.45) is 0 Å². The smallest absolute Gasteiger partial charge is 0.407 e. The van der Waals surface area contributed by atoms with Crippen molar-refractivity contribution in [3.63, 3.8) is 0 Å². The largest absolute Gasteiger partial charge is 0.444 e. The second-order valence-corrected chi connectivity index (χ2v) is 4.61. The van der Waals surface area contributed by atoms with Gasteiger partial charge in [-0.15, -0.1) is 0 Å². The lowest BCUT2D eigenvalue weighted by Gasteiger charge is -2.22. The molecular formula is C11H21NO5. The first-order valence-corrected chi connectivity index (χ1v) is 5.54. The average Bonchev–Trinajstić information content (AvgIpc) is 2.12. The number of alkyl carbamates (subject to hydrolysis) is 1. The van der Waals surface area contributed by atoms with Crippen LogP contribution in [-0.4, -0.2) is 30.3 Å². The zero-order valence-electron chi connectivity index (χ0n) is 11.0. The van der Waals surface area contributed by atoms with Crippen LogP contribution in [0.3, 0.4) is 0 Å². The zero-order valence-corrected chi connectivity index (χ0v) is 11.0. The first-order valence-electron chi connectivity index (χ1n) is 5.54. The average molecular weight is 247 g/mol. The number of amides is 1. The van der Waals surface area contributed by atoms with E-state index in [4.69, 9.17) is 4.74 Å². The number of hydrogen-bond donors (Lipinski definition) is 1. The van der Waals surface area contributed by atoms with E-state index in [1.165, 1.54) is 6.92 Å². The maximum Gasteiger partial charge on any atom is 0.407 e. The Morgan fingerprint density at radius 3 is 2.29 bits per heavy atom. The molecular weight excluding hydrogens is 226 g/mol. The lowest BCUT2D eigenvalue weighted by atomic mass is 10.2. The number of carbonyl (C=O) groups excluding carboxylic acids is 2. The summed E-state index contributed by atoms with van der Waals surface area (Å²) in [7, 11) is 0. The lowest BCUT2D eigenvalue weighted by molar-refractivity contribution is -0.272. The lowest BCUT2D eigenvalue weighted by Crippen LogP contribution is -2.41. The van der Waals surface area contributed by atoms with Crippen molar-refractivity contribution in [3.8, 4) is 0 Å². The third-order valence-corrected chi connectivity index (χ3v) is 1.66. The van der Waals surface area contributed by atoms with Crippen molar-refractivity contribution in [3.05, 3.63) is 0 Å². The number of hydrogen-bond acceptors (Lipinski definition) is 5. The van der Waals surface area contributed by atoms with Crippen molar-refractivity contribution < 1.29 is 24.1 Å². The van der Waals surface area contributed by atoms with Gasteiger partial charge >= 0.3 is 12.1 Å². The highest BCUT2D eigenvalue weighted by Gasteiger charge is 2.19. The molecule has 0 aliphatic carbocycles. The van der Waals surface area contributed by atoms with Crippen LogP contribution in [-0.2, 0) is 19.3 Å². The molecule has 1 amide bonds. The molecule has 0 spiro atoms. The van der Waals surface area contributed by atoms with Gasteiger partial charge in [-0.25, -0.2) is 9.59 Å². The molecule has 1 unspecified atom stereocenters. The third-order valence-electron chi connectivity index (χ3n) is 1.66. The predicted molar refractivity (Wildman–Crippen MR) is 61.2 cm³/mol. The van der Waals surface area contributed by atoms with Crippen LogP contribution in [0, 0.1) is 0 Å². The number of carbonyl (C=O) groups is 2. The maximum atomic E-state index is 11.4. The fraction of sp³-hybridized carbons (Fsp3) is 0.818. The van der Waals surface area contributed by atoms with Crippen molar-refractivity contribution in [1.29, 1.82) is 0 Å². The molecule has 0 aromatic carbocycles. The summed E-state index contributed by atoms with van der Waals surface area (Å²) in [6.45, 7) is 8.55. The van der Waals surface area contributed by atoms with Crippen molar-refractivity contribution in [1.82, 2.24) is 5.32 Å². The molecule has 1 atom stereocenters. The quantitative estimate of drug-likeness (QED) is 0.592. The highest BCUT2D eigenvalue weighted by molar-refractivity contribution is 5.68. The number of nitrogens with one attached hydrogen (secondary N) is 1. The van der Waals surface area contributed by atoms with Crippen LogP contribution in [0.5, 0.6) is 0 Å². The minimum atomic E-state index is -0.543. The molecule has 0 rings (SSSR count). The molecule has 0 aliphatic heterocycles. The summed E-state index contributed by atoms with van der Waals surface area (Å²) < 4.78 is 5.08. The van der Waals surface area contributed by atoms with Gasteiger partial charge in [0.1, 0.15) is 12.2 Å². The highest BCUT2D eigenvalue weighted by atomic mass is 17.2. The van der Waals surface area contributed by atoms with E-state index in [1.807, 2.05) is 6.92 Å². The van der Waals surface area contributed by atoms with Gasteiger partial charge in [-0.1, -0.05) is 6.92 Å². The topological polar surface area (TPSA) is 73.9 Å². The maximum absolute atomic E-state index is 11.4. The van der Waals surface area contributed by atoms with E-state index < -0.39 is 17.7 Å². The summed E-state index contributed by atoms with van der Waals surface area (Å²) in [5.41, 5.74) is -0.543. The predicted octanol–water partition coefficient (Wildman–Crippen LogP) is 1.78. The third kappa shape index (κ3) is 9.62. The Morgan fingerprint density at radius 2 is 1.88 bits per heavy atom. The molecule has 0 aliphatic rings. The molecule has 0 radical (unpaired) electrons. The van der Waals surface area contributed by atoms with Gasteiger partial charge in [-0.05, 0) is 27.2 Å². The Balaban J connectivity index is 3.95. The standard InChI is InChI=1S/C11H21NO5/c1-6-9(7-15-17-8(2)13)12-10(14)16-11(3,4)5/h9H,6-7H2,1-5H3,(H,12,14). The van der Waals surface area contributed by atoms with E-state index >= 15 is 0 Å². The minimum Gasteiger partial charge on any atom is -0.444 e. The molecule has 6 nitrogen and oxygen atoms in total. The minimum absolute atomic E-state index is 0.0926. The zero-order chi connectivity index (χ0) is 13.5. The van der Waals surface area contributed by atoms with Gasteiger partial charge in [0.15, 0.2) is 0 Å². The molecule has 0 heterocycles. The van der Waals surface area contributed by atoms with E-state index in [9.17, 15) is 9.59 Å². The summed E-state index contributed by atoms with van der Waals surface area (Å²) in [6.07, 6.45) is 0.122. The van der Waals surface area contributed by atoms with Gasteiger partial charge in [0, 0.05) is 6.92 Å². The Bertz CT molecular complexity index is 259. The van der Waals surface area contributed by atoms with E-state index in [0.717, 1.165) is 0 Å². The van der Waals surface area contributed by atoms with Crippen LogP contribution in [0.25, 0.3) is 0 Å². The highest BCUT2D eigenvalue weighted by Crippen LogP contribution is 2.07. The molecule has 0 aromatic rings. The second kappa shape index (κ2) is 7.11. The Labute approximate surface area is 102 Å². The van der Waals surface area contributed by atoms with Crippen LogP contribution >= 0.6 is 0 Å². The molecule has 17 heavy (non-hydrogen) atoms. The summed E-state index contributed by atoms with van der Waals surface area (Å²) in [4.78, 5) is 30.9. The number of rotatable bonds is 5. The Hall–Kier alpha value is -1.30. The summed E-state index contributed by atoms with van der Waals surface area (Å²) in [6, 6.07) is -0.260. The number of ether oxygens (including phenoxy) is 1. The van der Waals surface area contributed by atoms with Crippen molar-refractivity contribution in [2.45, 2.75) is 52.7 Å². The van der Waals surface area contributed by atoms with Crippen molar-refractivity contribution >= 4 is 12.1 Å². The van der Waals surface area contributed by atoms with Gasteiger partial charge in [-0.2, -0.15) is 4.89 Å². The molecule has 0 aromatic heterocycles. The van der Waals surface area contributed by atoms with Gasteiger partial charge in [0.25, 0.3) is 0 Å². The van der Waals surface area contributed by atoms with Gasteiger partial charge in [-0.3, -0.25) is 4.89 Å². The normalized spacial score (nSPS) is 12.8. The molecule has 0 fully saturated rings. The van der Waals surface area contributed by atoms with Gasteiger partial charge < -0.3 is 10.1 Å². The van der Waals surface area contributed by atoms with Crippen LogP contribution in [0.4, 0.5) is 4.79 Å². The SMILES string of the molecule is CCC(COOC(C)=O)NC(=O)OC(C)(C)C. The van der Waals surface area contributed by atoms with Crippen molar-refractivity contribution in [2.75, 3.05) is 6.61 Å². The van der Waals surface area contributed by atoms with E-state index in [0.29, 0.717) is 6.42 Å².